The number of nitrogens with zero attached hydrogens (tertiary/aromatic N) is 5. The summed E-state index contributed by atoms with van der Waals surface area (Å²) >= 11 is 5.86. The van der Waals surface area contributed by atoms with E-state index in [1.165, 1.54) is 10.9 Å². The number of alkyl halides is 3. The zero-order valence-electron chi connectivity index (χ0n) is 14.1. The van der Waals surface area contributed by atoms with Crippen LogP contribution in [0.3, 0.4) is 0 Å². The second-order valence-corrected chi connectivity index (χ2v) is 6.29. The van der Waals surface area contributed by atoms with Gasteiger partial charge in [-0.1, -0.05) is 23.7 Å². The fourth-order valence-corrected chi connectivity index (χ4v) is 2.69. The van der Waals surface area contributed by atoms with Gasteiger partial charge in [0.15, 0.2) is 5.69 Å². The van der Waals surface area contributed by atoms with Crippen molar-refractivity contribution in [1.82, 2.24) is 24.5 Å². The fourth-order valence-electron chi connectivity index (χ4n) is 2.56. The largest absolute Gasteiger partial charge is 0.433 e. The Morgan fingerprint density at radius 2 is 1.71 bits per heavy atom. The van der Waals surface area contributed by atoms with E-state index < -0.39 is 11.9 Å². The molecule has 0 amide bonds. The number of pyridine rings is 1. The molecule has 0 aliphatic heterocycles. The molecule has 140 valence electrons. The summed E-state index contributed by atoms with van der Waals surface area (Å²) < 4.78 is 41.5. The normalized spacial score (nSPS) is 11.6. The summed E-state index contributed by atoms with van der Waals surface area (Å²) in [4.78, 5) is 16.2. The fraction of sp³-hybridized carbons (Fsp3) is 0.0526. The molecule has 0 unspecified atom stereocenters. The Hall–Kier alpha value is -3.26. The van der Waals surface area contributed by atoms with E-state index in [-0.39, 0.29) is 11.6 Å². The zero-order chi connectivity index (χ0) is 19.7. The summed E-state index contributed by atoms with van der Waals surface area (Å²) in [5.41, 5.74) is 0.851. The molecule has 0 bridgehead atoms. The molecule has 0 saturated carbocycles. The molecule has 0 aliphatic rings. The number of aromatic nitrogens is 5. The first-order valence-electron chi connectivity index (χ1n) is 8.07. The number of benzene rings is 1. The lowest BCUT2D eigenvalue weighted by molar-refractivity contribution is -0.141. The Bertz CT molecular complexity index is 1110. The maximum atomic E-state index is 13.4. The van der Waals surface area contributed by atoms with Crippen molar-refractivity contribution >= 4 is 11.6 Å². The second-order valence-electron chi connectivity index (χ2n) is 5.85. The van der Waals surface area contributed by atoms with Crippen molar-refractivity contribution in [1.29, 1.82) is 0 Å². The summed E-state index contributed by atoms with van der Waals surface area (Å²) in [6.45, 7) is 0. The standard InChI is InChI=1S/C19H11ClF3N5/c20-14-5-3-12(4-6-14)15-8-17(19(21,22)23)27-18(26-15)28-10-16(25-11-28)13-2-1-7-24-9-13/h1-11H. The molecule has 0 spiro atoms. The summed E-state index contributed by atoms with van der Waals surface area (Å²) in [5, 5.41) is 0.477. The lowest BCUT2D eigenvalue weighted by Crippen LogP contribution is -2.12. The minimum atomic E-state index is -4.62. The highest BCUT2D eigenvalue weighted by Gasteiger charge is 2.34. The zero-order valence-corrected chi connectivity index (χ0v) is 14.9. The first-order chi connectivity index (χ1) is 13.4. The number of rotatable bonds is 3. The summed E-state index contributed by atoms with van der Waals surface area (Å²) in [6, 6.07) is 10.8. The van der Waals surface area contributed by atoms with Gasteiger partial charge in [0, 0.05) is 34.7 Å². The smallest absolute Gasteiger partial charge is 0.274 e. The van der Waals surface area contributed by atoms with E-state index in [0.717, 1.165) is 11.6 Å². The van der Waals surface area contributed by atoms with Crippen molar-refractivity contribution in [2.45, 2.75) is 6.18 Å². The van der Waals surface area contributed by atoms with Crippen LogP contribution in [0.4, 0.5) is 13.2 Å². The Morgan fingerprint density at radius 1 is 0.929 bits per heavy atom. The third-order valence-corrected chi connectivity index (χ3v) is 4.17. The van der Waals surface area contributed by atoms with Gasteiger partial charge in [-0.15, -0.1) is 0 Å². The molecule has 3 heterocycles. The molecule has 5 nitrogen and oxygen atoms in total. The Balaban J connectivity index is 1.81. The predicted octanol–water partition coefficient (Wildman–Crippen LogP) is 5.06. The molecule has 9 heteroatoms. The van der Waals surface area contributed by atoms with Crippen molar-refractivity contribution in [3.8, 4) is 28.5 Å². The molecule has 3 aromatic heterocycles. The second kappa shape index (κ2) is 7.05. The van der Waals surface area contributed by atoms with Crippen molar-refractivity contribution in [3.05, 3.63) is 78.1 Å². The molecule has 0 atom stereocenters. The predicted molar refractivity (Wildman–Crippen MR) is 97.8 cm³/mol. The van der Waals surface area contributed by atoms with Crippen LogP contribution < -0.4 is 0 Å². The topological polar surface area (TPSA) is 56.5 Å². The molecule has 0 saturated heterocycles. The quantitative estimate of drug-likeness (QED) is 0.481. The van der Waals surface area contributed by atoms with E-state index in [2.05, 4.69) is 19.9 Å². The van der Waals surface area contributed by atoms with Crippen LogP contribution >= 0.6 is 11.6 Å². The van der Waals surface area contributed by atoms with Gasteiger partial charge in [0.05, 0.1) is 11.4 Å². The van der Waals surface area contributed by atoms with Crippen LogP contribution in [0, 0.1) is 0 Å². The van der Waals surface area contributed by atoms with Crippen LogP contribution in [0.5, 0.6) is 0 Å². The van der Waals surface area contributed by atoms with Crippen molar-refractivity contribution in [3.63, 3.8) is 0 Å². The first kappa shape index (κ1) is 18.1. The molecular formula is C19H11ClF3N5. The number of hydrogen-bond acceptors (Lipinski definition) is 4. The highest BCUT2D eigenvalue weighted by Crippen LogP contribution is 2.31. The van der Waals surface area contributed by atoms with Gasteiger partial charge >= 0.3 is 6.18 Å². The van der Waals surface area contributed by atoms with Gasteiger partial charge in [-0.3, -0.25) is 9.55 Å². The van der Waals surface area contributed by atoms with Gasteiger partial charge in [-0.2, -0.15) is 13.2 Å². The number of imidazole rings is 1. The molecule has 4 rings (SSSR count). The lowest BCUT2D eigenvalue weighted by Gasteiger charge is -2.11. The molecule has 0 radical (unpaired) electrons. The van der Waals surface area contributed by atoms with Gasteiger partial charge in [0.1, 0.15) is 6.33 Å². The molecule has 28 heavy (non-hydrogen) atoms. The van der Waals surface area contributed by atoms with E-state index in [9.17, 15) is 13.2 Å². The van der Waals surface area contributed by atoms with Crippen LogP contribution in [-0.4, -0.2) is 24.5 Å². The highest BCUT2D eigenvalue weighted by molar-refractivity contribution is 6.30. The minimum absolute atomic E-state index is 0.130. The third-order valence-electron chi connectivity index (χ3n) is 3.92. The van der Waals surface area contributed by atoms with E-state index in [0.29, 0.717) is 16.3 Å². The van der Waals surface area contributed by atoms with E-state index in [1.807, 2.05) is 0 Å². The molecule has 0 N–H and O–H groups in total. The maximum Gasteiger partial charge on any atom is 0.433 e. The average molecular weight is 402 g/mol. The van der Waals surface area contributed by atoms with Crippen LogP contribution in [0.25, 0.3) is 28.5 Å². The van der Waals surface area contributed by atoms with E-state index in [4.69, 9.17) is 11.6 Å². The molecular weight excluding hydrogens is 391 g/mol. The summed E-state index contributed by atoms with van der Waals surface area (Å²) in [6.07, 6.45) is 1.53. The van der Waals surface area contributed by atoms with E-state index in [1.54, 1.807) is 55.0 Å². The van der Waals surface area contributed by atoms with Crippen LogP contribution in [-0.2, 0) is 6.18 Å². The summed E-state index contributed by atoms with van der Waals surface area (Å²) in [7, 11) is 0. The Kier molecular flexibility index (Phi) is 4.56. The van der Waals surface area contributed by atoms with Crippen molar-refractivity contribution in [2.75, 3.05) is 0 Å². The third kappa shape index (κ3) is 3.72. The number of halogens is 4. The van der Waals surface area contributed by atoms with Crippen LogP contribution in [0.1, 0.15) is 5.69 Å². The monoisotopic (exact) mass is 401 g/mol. The summed E-state index contributed by atoms with van der Waals surface area (Å²) in [5.74, 6) is -0.137. The van der Waals surface area contributed by atoms with Crippen LogP contribution in [0.2, 0.25) is 5.02 Å². The molecule has 0 aliphatic carbocycles. The first-order valence-corrected chi connectivity index (χ1v) is 8.45. The Morgan fingerprint density at radius 3 is 2.39 bits per heavy atom. The van der Waals surface area contributed by atoms with Gasteiger partial charge < -0.3 is 0 Å². The number of hydrogen-bond donors (Lipinski definition) is 0. The van der Waals surface area contributed by atoms with Gasteiger partial charge in [-0.05, 0) is 30.3 Å². The van der Waals surface area contributed by atoms with E-state index >= 15 is 0 Å². The molecule has 0 fully saturated rings. The molecule has 1 aromatic carbocycles. The Labute approximate surface area is 162 Å². The lowest BCUT2D eigenvalue weighted by atomic mass is 10.1. The van der Waals surface area contributed by atoms with Crippen molar-refractivity contribution < 1.29 is 13.2 Å². The van der Waals surface area contributed by atoms with Crippen LogP contribution in [0.15, 0.2) is 67.4 Å². The maximum absolute atomic E-state index is 13.4. The van der Waals surface area contributed by atoms with Gasteiger partial charge in [-0.25, -0.2) is 15.0 Å². The SMILES string of the molecule is FC(F)(F)c1cc(-c2ccc(Cl)cc2)nc(-n2cnc(-c3cccnc3)c2)n1. The van der Waals surface area contributed by atoms with Crippen molar-refractivity contribution in [2.24, 2.45) is 0 Å². The molecule has 4 aromatic rings. The average Bonchev–Trinajstić information content (AvgIpc) is 3.18. The van der Waals surface area contributed by atoms with Gasteiger partial charge in [0.2, 0.25) is 5.95 Å². The minimum Gasteiger partial charge on any atom is -0.274 e. The van der Waals surface area contributed by atoms with Gasteiger partial charge in [0.25, 0.3) is 0 Å². The highest BCUT2D eigenvalue weighted by atomic mass is 35.5.